The Balaban J connectivity index is 1.88. The number of nitrogens with zero attached hydrogens (tertiary/aromatic N) is 3. The van der Waals surface area contributed by atoms with Crippen LogP contribution in [-0.4, -0.2) is 33.3 Å². The topological polar surface area (TPSA) is 66.5 Å². The highest BCUT2D eigenvalue weighted by Crippen LogP contribution is 2.24. The Morgan fingerprint density at radius 1 is 1.18 bits per heavy atom. The van der Waals surface area contributed by atoms with Crippen molar-refractivity contribution in [1.29, 1.82) is 0 Å². The SMILES string of the molecule is c1cc(-c2cncc(C3CCNCC3)n2)[nH]n1. The van der Waals surface area contributed by atoms with Gasteiger partial charge in [-0.15, -0.1) is 0 Å². The summed E-state index contributed by atoms with van der Waals surface area (Å²) in [6, 6.07) is 1.91. The number of aromatic nitrogens is 4. The molecule has 1 fully saturated rings. The molecule has 0 aromatic carbocycles. The second kappa shape index (κ2) is 4.63. The van der Waals surface area contributed by atoms with E-state index in [1.54, 1.807) is 12.4 Å². The smallest absolute Gasteiger partial charge is 0.107 e. The van der Waals surface area contributed by atoms with E-state index in [2.05, 4.69) is 25.5 Å². The van der Waals surface area contributed by atoms with E-state index in [4.69, 9.17) is 0 Å². The van der Waals surface area contributed by atoms with Gasteiger partial charge < -0.3 is 5.32 Å². The molecule has 0 amide bonds. The van der Waals surface area contributed by atoms with E-state index >= 15 is 0 Å². The third-order valence-electron chi connectivity index (χ3n) is 3.19. The third-order valence-corrected chi connectivity index (χ3v) is 3.19. The summed E-state index contributed by atoms with van der Waals surface area (Å²) in [5.74, 6) is 0.534. The monoisotopic (exact) mass is 229 g/mol. The van der Waals surface area contributed by atoms with Crippen LogP contribution in [0.25, 0.3) is 11.4 Å². The quantitative estimate of drug-likeness (QED) is 0.815. The molecule has 1 saturated heterocycles. The maximum absolute atomic E-state index is 4.68. The molecule has 0 unspecified atom stereocenters. The predicted octanol–water partition coefficient (Wildman–Crippen LogP) is 1.33. The van der Waals surface area contributed by atoms with Crippen molar-refractivity contribution in [2.24, 2.45) is 0 Å². The number of rotatable bonds is 2. The lowest BCUT2D eigenvalue weighted by molar-refractivity contribution is 0.452. The lowest BCUT2D eigenvalue weighted by Gasteiger charge is -2.21. The number of nitrogens with one attached hydrogen (secondary N) is 2. The molecular weight excluding hydrogens is 214 g/mol. The van der Waals surface area contributed by atoms with Crippen molar-refractivity contribution in [3.63, 3.8) is 0 Å². The molecule has 0 spiro atoms. The minimum Gasteiger partial charge on any atom is -0.317 e. The highest BCUT2D eigenvalue weighted by molar-refractivity contribution is 5.51. The van der Waals surface area contributed by atoms with Gasteiger partial charge in [-0.1, -0.05) is 0 Å². The summed E-state index contributed by atoms with van der Waals surface area (Å²) in [7, 11) is 0. The number of piperidine rings is 1. The summed E-state index contributed by atoms with van der Waals surface area (Å²) in [5, 5.41) is 10.2. The van der Waals surface area contributed by atoms with Gasteiger partial charge in [0.2, 0.25) is 0 Å². The second-order valence-corrected chi connectivity index (χ2v) is 4.32. The van der Waals surface area contributed by atoms with Crippen LogP contribution in [0.3, 0.4) is 0 Å². The van der Waals surface area contributed by atoms with Crippen LogP contribution < -0.4 is 5.32 Å². The van der Waals surface area contributed by atoms with Gasteiger partial charge in [-0.3, -0.25) is 10.1 Å². The van der Waals surface area contributed by atoms with Crippen LogP contribution in [0.4, 0.5) is 0 Å². The van der Waals surface area contributed by atoms with Crippen molar-refractivity contribution in [3.05, 3.63) is 30.4 Å². The zero-order valence-corrected chi connectivity index (χ0v) is 9.56. The average Bonchev–Trinajstić information content (AvgIpc) is 2.94. The predicted molar refractivity (Wildman–Crippen MR) is 64.5 cm³/mol. The van der Waals surface area contributed by atoms with E-state index in [0.29, 0.717) is 5.92 Å². The molecule has 0 radical (unpaired) electrons. The van der Waals surface area contributed by atoms with Gasteiger partial charge in [0.25, 0.3) is 0 Å². The van der Waals surface area contributed by atoms with Crippen molar-refractivity contribution in [2.75, 3.05) is 13.1 Å². The van der Waals surface area contributed by atoms with E-state index in [1.807, 2.05) is 12.3 Å². The van der Waals surface area contributed by atoms with Gasteiger partial charge >= 0.3 is 0 Å². The van der Waals surface area contributed by atoms with Gasteiger partial charge in [0, 0.05) is 18.3 Å². The molecule has 3 heterocycles. The number of hydrogen-bond acceptors (Lipinski definition) is 4. The molecule has 0 bridgehead atoms. The molecule has 1 aliphatic rings. The molecule has 1 aliphatic heterocycles. The van der Waals surface area contributed by atoms with E-state index in [0.717, 1.165) is 43.0 Å². The highest BCUT2D eigenvalue weighted by Gasteiger charge is 2.17. The molecule has 17 heavy (non-hydrogen) atoms. The van der Waals surface area contributed by atoms with E-state index < -0.39 is 0 Å². The van der Waals surface area contributed by atoms with Gasteiger partial charge in [-0.25, -0.2) is 4.98 Å². The molecule has 0 atom stereocenters. The van der Waals surface area contributed by atoms with Crippen LogP contribution in [0, 0.1) is 0 Å². The second-order valence-electron chi connectivity index (χ2n) is 4.32. The third kappa shape index (κ3) is 2.19. The molecule has 0 saturated carbocycles. The Morgan fingerprint density at radius 2 is 2.06 bits per heavy atom. The lowest BCUT2D eigenvalue weighted by Crippen LogP contribution is -2.27. The van der Waals surface area contributed by atoms with Crippen LogP contribution in [-0.2, 0) is 0 Å². The summed E-state index contributed by atoms with van der Waals surface area (Å²) < 4.78 is 0. The van der Waals surface area contributed by atoms with Crippen LogP contribution >= 0.6 is 0 Å². The molecule has 2 aromatic rings. The highest BCUT2D eigenvalue weighted by atomic mass is 15.1. The summed E-state index contributed by atoms with van der Waals surface area (Å²) in [6.45, 7) is 2.14. The molecular formula is C12H15N5. The van der Waals surface area contributed by atoms with Crippen molar-refractivity contribution in [3.8, 4) is 11.4 Å². The van der Waals surface area contributed by atoms with Crippen molar-refractivity contribution in [1.82, 2.24) is 25.5 Å². The Kier molecular flexibility index (Phi) is 2.83. The Labute approximate surface area is 99.7 Å². The molecule has 3 rings (SSSR count). The van der Waals surface area contributed by atoms with Gasteiger partial charge in [0.1, 0.15) is 5.69 Å². The maximum Gasteiger partial charge on any atom is 0.107 e. The summed E-state index contributed by atoms with van der Waals surface area (Å²) in [4.78, 5) is 8.96. The number of hydrogen-bond donors (Lipinski definition) is 2. The van der Waals surface area contributed by atoms with Gasteiger partial charge in [0.15, 0.2) is 0 Å². The average molecular weight is 229 g/mol. The summed E-state index contributed by atoms with van der Waals surface area (Å²) in [5.41, 5.74) is 2.89. The number of aromatic amines is 1. The fourth-order valence-electron chi connectivity index (χ4n) is 2.22. The Bertz CT molecular complexity index is 473. The Hall–Kier alpha value is -1.75. The van der Waals surface area contributed by atoms with Gasteiger partial charge in [0.05, 0.1) is 17.6 Å². The largest absolute Gasteiger partial charge is 0.317 e. The lowest BCUT2D eigenvalue weighted by atomic mass is 9.95. The first-order valence-electron chi connectivity index (χ1n) is 5.96. The zero-order chi connectivity index (χ0) is 11.5. The first-order valence-corrected chi connectivity index (χ1v) is 5.96. The van der Waals surface area contributed by atoms with Crippen LogP contribution in [0.1, 0.15) is 24.5 Å². The molecule has 5 heteroatoms. The molecule has 5 nitrogen and oxygen atoms in total. The van der Waals surface area contributed by atoms with Crippen LogP contribution in [0.5, 0.6) is 0 Å². The minimum absolute atomic E-state index is 0.534. The van der Waals surface area contributed by atoms with E-state index in [9.17, 15) is 0 Å². The zero-order valence-electron chi connectivity index (χ0n) is 9.56. The molecule has 2 N–H and O–H groups in total. The van der Waals surface area contributed by atoms with Crippen molar-refractivity contribution >= 4 is 0 Å². The summed E-state index contributed by atoms with van der Waals surface area (Å²) in [6.07, 6.45) is 7.67. The van der Waals surface area contributed by atoms with Crippen molar-refractivity contribution in [2.45, 2.75) is 18.8 Å². The van der Waals surface area contributed by atoms with E-state index in [1.165, 1.54) is 0 Å². The molecule has 0 aliphatic carbocycles. The van der Waals surface area contributed by atoms with E-state index in [-0.39, 0.29) is 0 Å². The molecule has 2 aromatic heterocycles. The maximum atomic E-state index is 4.68. The standard InChI is InChI=1S/C12H15N5/c1-4-13-5-2-9(1)11-7-14-8-12(16-11)10-3-6-15-17-10/h3,6-9,13H,1-2,4-5H2,(H,15,17). The first kappa shape index (κ1) is 10.4. The number of H-pyrrole nitrogens is 1. The summed E-state index contributed by atoms with van der Waals surface area (Å²) >= 11 is 0. The normalized spacial score (nSPS) is 17.2. The minimum atomic E-state index is 0.534. The first-order chi connectivity index (χ1) is 8.43. The van der Waals surface area contributed by atoms with Crippen LogP contribution in [0.2, 0.25) is 0 Å². The van der Waals surface area contributed by atoms with Gasteiger partial charge in [-0.05, 0) is 32.0 Å². The Morgan fingerprint density at radius 3 is 2.82 bits per heavy atom. The van der Waals surface area contributed by atoms with Crippen LogP contribution in [0.15, 0.2) is 24.7 Å². The van der Waals surface area contributed by atoms with Crippen molar-refractivity contribution < 1.29 is 0 Å². The van der Waals surface area contributed by atoms with Gasteiger partial charge in [-0.2, -0.15) is 5.10 Å². The molecule has 88 valence electrons. The fraction of sp³-hybridized carbons (Fsp3) is 0.417. The fourth-order valence-corrected chi connectivity index (χ4v) is 2.22.